The topological polar surface area (TPSA) is 81.0 Å². The molecule has 152 valence electrons. The first-order valence-corrected chi connectivity index (χ1v) is 9.97. The average molecular weight is 403 g/mol. The third-order valence-corrected chi connectivity index (χ3v) is 5.17. The minimum absolute atomic E-state index is 0.128. The van der Waals surface area contributed by atoms with E-state index in [1.54, 1.807) is 42.5 Å². The van der Waals surface area contributed by atoms with Gasteiger partial charge in [-0.25, -0.2) is 4.98 Å². The predicted molar refractivity (Wildman–Crippen MR) is 113 cm³/mol. The number of aromatic nitrogens is 1. The Hall–Kier alpha value is -3.51. The zero-order chi connectivity index (χ0) is 20.5. The van der Waals surface area contributed by atoms with Crippen LogP contribution in [0.3, 0.4) is 0 Å². The van der Waals surface area contributed by atoms with Crippen molar-refractivity contribution in [2.24, 2.45) is 0 Å². The summed E-state index contributed by atoms with van der Waals surface area (Å²) in [5.74, 6) is 1.91. The van der Waals surface area contributed by atoms with Crippen LogP contribution >= 0.6 is 0 Å². The van der Waals surface area contributed by atoms with Crippen LogP contribution in [0.4, 0.5) is 0 Å². The van der Waals surface area contributed by atoms with Crippen molar-refractivity contribution in [3.63, 3.8) is 0 Å². The van der Waals surface area contributed by atoms with Gasteiger partial charge in [0, 0.05) is 23.3 Å². The van der Waals surface area contributed by atoms with Gasteiger partial charge in [-0.2, -0.15) is 0 Å². The normalized spacial score (nSPS) is 16.6. The number of benzene rings is 3. The Labute approximate surface area is 173 Å². The first kappa shape index (κ1) is 18.5. The molecule has 4 aromatic rings. The second-order valence-electron chi connectivity index (χ2n) is 7.34. The van der Waals surface area contributed by atoms with Gasteiger partial charge in [-0.1, -0.05) is 0 Å². The van der Waals surface area contributed by atoms with Gasteiger partial charge in [-0.15, -0.1) is 0 Å². The lowest BCUT2D eigenvalue weighted by Gasteiger charge is -2.23. The number of aromatic hydroxyl groups is 2. The lowest BCUT2D eigenvalue weighted by Crippen LogP contribution is -2.24. The third kappa shape index (κ3) is 3.69. The Balaban J connectivity index is 1.47. The molecule has 1 unspecified atom stereocenters. The summed E-state index contributed by atoms with van der Waals surface area (Å²) in [7, 11) is 0. The molecular weight excluding hydrogens is 382 g/mol. The van der Waals surface area contributed by atoms with Crippen molar-refractivity contribution in [3.8, 4) is 28.9 Å². The van der Waals surface area contributed by atoms with Crippen LogP contribution < -0.4 is 9.47 Å². The van der Waals surface area contributed by atoms with Gasteiger partial charge in [0.15, 0.2) is 6.29 Å². The molecule has 0 saturated carbocycles. The van der Waals surface area contributed by atoms with E-state index >= 15 is 0 Å². The number of phenols is 2. The van der Waals surface area contributed by atoms with Crippen LogP contribution in [0.25, 0.3) is 21.7 Å². The molecule has 5 rings (SSSR count). The molecule has 1 fully saturated rings. The van der Waals surface area contributed by atoms with Crippen LogP contribution in [0.2, 0.25) is 0 Å². The third-order valence-electron chi connectivity index (χ3n) is 5.17. The highest BCUT2D eigenvalue weighted by atomic mass is 16.7. The van der Waals surface area contributed by atoms with E-state index in [9.17, 15) is 10.2 Å². The quantitative estimate of drug-likeness (QED) is 0.438. The second-order valence-corrected chi connectivity index (χ2v) is 7.34. The molecule has 0 amide bonds. The second kappa shape index (κ2) is 7.72. The van der Waals surface area contributed by atoms with Crippen LogP contribution in [0.15, 0.2) is 60.7 Å². The summed E-state index contributed by atoms with van der Waals surface area (Å²) in [4.78, 5) is 4.57. The summed E-state index contributed by atoms with van der Waals surface area (Å²) < 4.78 is 17.5. The fraction of sp³-hybridized carbons (Fsp3) is 0.208. The van der Waals surface area contributed by atoms with Crippen molar-refractivity contribution in [1.29, 1.82) is 0 Å². The molecule has 1 aliphatic heterocycles. The van der Waals surface area contributed by atoms with E-state index in [1.807, 2.05) is 18.2 Å². The van der Waals surface area contributed by atoms with Crippen molar-refractivity contribution in [2.45, 2.75) is 25.6 Å². The number of hydrogen-bond donors (Lipinski definition) is 2. The van der Waals surface area contributed by atoms with Gasteiger partial charge in [0.2, 0.25) is 5.88 Å². The van der Waals surface area contributed by atoms with E-state index in [-0.39, 0.29) is 17.8 Å². The fourth-order valence-corrected chi connectivity index (χ4v) is 3.69. The van der Waals surface area contributed by atoms with Crippen molar-refractivity contribution in [1.82, 2.24) is 4.98 Å². The summed E-state index contributed by atoms with van der Waals surface area (Å²) in [5, 5.41) is 22.3. The van der Waals surface area contributed by atoms with Gasteiger partial charge in [-0.3, -0.25) is 0 Å². The molecule has 0 aliphatic carbocycles. The molecule has 0 radical (unpaired) electrons. The molecule has 6 nitrogen and oxygen atoms in total. The zero-order valence-electron chi connectivity index (χ0n) is 16.2. The molecule has 0 spiro atoms. The van der Waals surface area contributed by atoms with Crippen molar-refractivity contribution >= 4 is 21.7 Å². The maximum absolute atomic E-state index is 9.98. The highest BCUT2D eigenvalue weighted by molar-refractivity contribution is 6.08. The SMILES string of the molecule is Oc1ccc2c(c1)nc(Oc1ccc(OC3CCCCO3)cc1)c1cc(O)ccc12. The molecule has 2 N–H and O–H groups in total. The first-order chi connectivity index (χ1) is 14.7. The van der Waals surface area contributed by atoms with Gasteiger partial charge in [0.05, 0.1) is 12.1 Å². The molecule has 30 heavy (non-hydrogen) atoms. The van der Waals surface area contributed by atoms with Crippen molar-refractivity contribution in [2.75, 3.05) is 6.61 Å². The lowest BCUT2D eigenvalue weighted by atomic mass is 10.1. The van der Waals surface area contributed by atoms with E-state index in [0.717, 1.165) is 36.6 Å². The van der Waals surface area contributed by atoms with Crippen LogP contribution in [-0.4, -0.2) is 28.1 Å². The molecule has 0 bridgehead atoms. The Morgan fingerprint density at radius 3 is 2.30 bits per heavy atom. The summed E-state index contributed by atoms with van der Waals surface area (Å²) in [6.07, 6.45) is 2.87. The number of phenolic OH excluding ortho intramolecular Hbond substituents is 2. The average Bonchev–Trinajstić information content (AvgIpc) is 2.76. The Morgan fingerprint density at radius 1 is 0.800 bits per heavy atom. The van der Waals surface area contributed by atoms with Gasteiger partial charge in [0.1, 0.15) is 23.0 Å². The highest BCUT2D eigenvalue weighted by Crippen LogP contribution is 2.36. The van der Waals surface area contributed by atoms with E-state index < -0.39 is 0 Å². The van der Waals surface area contributed by atoms with Gasteiger partial charge in [-0.05, 0) is 72.8 Å². The minimum atomic E-state index is -0.202. The maximum Gasteiger partial charge on any atom is 0.227 e. The van der Waals surface area contributed by atoms with E-state index in [1.165, 1.54) is 0 Å². The first-order valence-electron chi connectivity index (χ1n) is 9.97. The van der Waals surface area contributed by atoms with Crippen LogP contribution in [0.1, 0.15) is 19.3 Å². The van der Waals surface area contributed by atoms with Crippen LogP contribution in [0.5, 0.6) is 28.9 Å². The number of ether oxygens (including phenoxy) is 3. The summed E-state index contributed by atoms with van der Waals surface area (Å²) >= 11 is 0. The highest BCUT2D eigenvalue weighted by Gasteiger charge is 2.16. The number of rotatable bonds is 4. The van der Waals surface area contributed by atoms with Gasteiger partial charge in [0.25, 0.3) is 0 Å². The monoisotopic (exact) mass is 403 g/mol. The Bertz CT molecular complexity index is 1200. The minimum Gasteiger partial charge on any atom is -0.508 e. The number of hydrogen-bond acceptors (Lipinski definition) is 6. The van der Waals surface area contributed by atoms with Crippen molar-refractivity contribution < 1.29 is 24.4 Å². The molecule has 1 saturated heterocycles. The van der Waals surface area contributed by atoms with E-state index in [0.29, 0.717) is 28.3 Å². The fourth-order valence-electron chi connectivity index (χ4n) is 3.69. The summed E-state index contributed by atoms with van der Waals surface area (Å²) in [6, 6.07) is 17.4. The largest absolute Gasteiger partial charge is 0.508 e. The molecule has 3 aromatic carbocycles. The summed E-state index contributed by atoms with van der Waals surface area (Å²) in [5.41, 5.74) is 0.609. The van der Waals surface area contributed by atoms with Crippen molar-refractivity contribution in [3.05, 3.63) is 60.7 Å². The van der Waals surface area contributed by atoms with Gasteiger partial charge < -0.3 is 24.4 Å². The lowest BCUT2D eigenvalue weighted by molar-refractivity contribution is -0.105. The Morgan fingerprint density at radius 2 is 1.53 bits per heavy atom. The van der Waals surface area contributed by atoms with E-state index in [4.69, 9.17) is 14.2 Å². The zero-order valence-corrected chi connectivity index (χ0v) is 16.2. The summed E-state index contributed by atoms with van der Waals surface area (Å²) in [6.45, 7) is 0.731. The number of fused-ring (bicyclic) bond motifs is 3. The molecular formula is C24H21NO5. The van der Waals surface area contributed by atoms with E-state index in [2.05, 4.69) is 4.98 Å². The van der Waals surface area contributed by atoms with Crippen LogP contribution in [0, 0.1) is 0 Å². The molecule has 1 aliphatic rings. The molecule has 1 aromatic heterocycles. The molecule has 6 heteroatoms. The van der Waals surface area contributed by atoms with Gasteiger partial charge >= 0.3 is 0 Å². The maximum atomic E-state index is 9.98. The number of pyridine rings is 1. The standard InChI is InChI=1S/C24H21NO5/c26-15-4-10-19-20-11-5-16(27)14-22(20)25-24(21(19)13-15)30-18-8-6-17(7-9-18)29-23-3-1-2-12-28-23/h4-11,13-14,23,26-27H,1-3,12H2. The number of nitrogens with zero attached hydrogens (tertiary/aromatic N) is 1. The smallest absolute Gasteiger partial charge is 0.227 e. The Kier molecular flexibility index (Phi) is 4.77. The predicted octanol–water partition coefficient (Wildman–Crippen LogP) is 5.50. The van der Waals surface area contributed by atoms with Crippen LogP contribution in [-0.2, 0) is 4.74 Å². The molecule has 1 atom stereocenters. The molecule has 2 heterocycles.